The maximum atomic E-state index is 12.4. The Kier molecular flexibility index (Phi) is 7.16. The fourth-order valence-electron chi connectivity index (χ4n) is 5.63. The Morgan fingerprint density at radius 1 is 1.32 bits per heavy atom. The van der Waals surface area contributed by atoms with Crippen LogP contribution in [0.3, 0.4) is 0 Å². The van der Waals surface area contributed by atoms with Gasteiger partial charge in [0.15, 0.2) is 0 Å². The van der Waals surface area contributed by atoms with Crippen molar-refractivity contribution in [2.24, 2.45) is 17.8 Å². The predicted octanol–water partition coefficient (Wildman–Crippen LogP) is 0.655. The molecule has 2 bridgehead atoms. The second-order valence-electron chi connectivity index (χ2n) is 8.77. The number of amides is 1. The Morgan fingerprint density at radius 3 is 2.81 bits per heavy atom. The Bertz CT molecular complexity index is 742. The molecule has 1 aromatic heterocycles. The molecule has 4 aliphatic heterocycles. The van der Waals surface area contributed by atoms with Crippen LogP contribution < -0.4 is 5.32 Å². The van der Waals surface area contributed by atoms with Gasteiger partial charge in [0.2, 0.25) is 0 Å². The SMILES string of the molecule is O=C(NC[C@H]1[C@H]2CN(CC3COCCOC3)C[C@]23CC[C@H]1O3)c1ccccn1.O=CO. The van der Waals surface area contributed by atoms with Crippen molar-refractivity contribution in [2.75, 3.05) is 52.6 Å². The number of hydrogen-bond donors (Lipinski definition) is 2. The quantitative estimate of drug-likeness (QED) is 0.652. The van der Waals surface area contributed by atoms with Crippen LogP contribution in [0.5, 0.6) is 0 Å². The van der Waals surface area contributed by atoms with Crippen molar-refractivity contribution in [1.82, 2.24) is 15.2 Å². The summed E-state index contributed by atoms with van der Waals surface area (Å²) in [5, 5.41) is 9.99. The number of carbonyl (C=O) groups is 2. The molecule has 0 unspecified atom stereocenters. The summed E-state index contributed by atoms with van der Waals surface area (Å²) in [5.41, 5.74) is 0.458. The van der Waals surface area contributed by atoms with Crippen LogP contribution in [0.2, 0.25) is 0 Å². The molecule has 5 rings (SSSR count). The van der Waals surface area contributed by atoms with Gasteiger partial charge in [0.25, 0.3) is 12.4 Å². The average molecular weight is 434 g/mol. The molecule has 0 radical (unpaired) electrons. The number of carbonyl (C=O) groups excluding carboxylic acids is 1. The van der Waals surface area contributed by atoms with E-state index in [0.29, 0.717) is 43.2 Å². The molecule has 0 aromatic carbocycles. The number of likely N-dealkylation sites (tertiary alicyclic amines) is 1. The molecule has 4 saturated heterocycles. The van der Waals surface area contributed by atoms with Crippen molar-refractivity contribution in [2.45, 2.75) is 24.5 Å². The number of rotatable bonds is 5. The highest BCUT2D eigenvalue weighted by atomic mass is 16.5. The molecule has 1 amide bonds. The molecule has 0 aliphatic carbocycles. The molecule has 9 heteroatoms. The summed E-state index contributed by atoms with van der Waals surface area (Å²) in [4.78, 5) is 27.4. The van der Waals surface area contributed by atoms with Gasteiger partial charge in [-0.15, -0.1) is 0 Å². The van der Waals surface area contributed by atoms with Gasteiger partial charge in [-0.05, 0) is 25.0 Å². The third kappa shape index (κ3) is 4.90. The zero-order valence-electron chi connectivity index (χ0n) is 17.7. The van der Waals surface area contributed by atoms with E-state index >= 15 is 0 Å². The molecule has 1 spiro atoms. The minimum absolute atomic E-state index is 0.0164. The summed E-state index contributed by atoms with van der Waals surface area (Å²) < 4.78 is 17.8. The maximum absolute atomic E-state index is 12.4. The van der Waals surface area contributed by atoms with Crippen molar-refractivity contribution < 1.29 is 28.9 Å². The van der Waals surface area contributed by atoms with Gasteiger partial charge in [0.05, 0.1) is 38.1 Å². The van der Waals surface area contributed by atoms with Crippen LogP contribution in [0.15, 0.2) is 24.4 Å². The number of ether oxygens (including phenoxy) is 3. The van der Waals surface area contributed by atoms with Gasteiger partial charge < -0.3 is 24.6 Å². The first-order valence-corrected chi connectivity index (χ1v) is 11.0. The van der Waals surface area contributed by atoms with E-state index in [-0.39, 0.29) is 24.1 Å². The summed E-state index contributed by atoms with van der Waals surface area (Å²) in [6.07, 6.45) is 4.17. The smallest absolute Gasteiger partial charge is 0.290 e. The van der Waals surface area contributed by atoms with Crippen molar-refractivity contribution in [1.29, 1.82) is 0 Å². The lowest BCUT2D eigenvalue weighted by molar-refractivity contribution is -0.122. The third-order valence-electron chi connectivity index (χ3n) is 6.85. The number of nitrogens with zero attached hydrogens (tertiary/aromatic N) is 2. The first-order valence-electron chi connectivity index (χ1n) is 11.0. The van der Waals surface area contributed by atoms with Crippen molar-refractivity contribution in [3.05, 3.63) is 30.1 Å². The standard InChI is InChI=1S/C21H29N3O4.CH2O2/c25-20(18-3-1-2-6-22-18)23-9-16-17-11-24(10-15-12-26-7-8-27-13-15)14-21(17)5-4-19(16)28-21;2-1-3/h1-3,6,15-17,19H,4-5,7-14H2,(H,23,25);1H,(H,2,3)/t16-,17+,19+,21+;/m0./s1. The van der Waals surface area contributed by atoms with E-state index < -0.39 is 0 Å². The molecule has 4 atom stereocenters. The van der Waals surface area contributed by atoms with Crippen LogP contribution in [-0.2, 0) is 19.0 Å². The first kappa shape index (κ1) is 22.1. The summed E-state index contributed by atoms with van der Waals surface area (Å²) >= 11 is 0. The first-order chi connectivity index (χ1) is 15.1. The van der Waals surface area contributed by atoms with E-state index in [9.17, 15) is 4.79 Å². The molecule has 1 aromatic rings. The Hall–Kier alpha value is -2.07. The highest BCUT2D eigenvalue weighted by Crippen LogP contribution is 2.54. The number of aromatic nitrogens is 1. The Labute approximate surface area is 182 Å². The number of fused-ring (bicyclic) bond motifs is 1. The molecule has 170 valence electrons. The van der Waals surface area contributed by atoms with E-state index in [1.807, 2.05) is 12.1 Å². The lowest BCUT2D eigenvalue weighted by Gasteiger charge is -2.29. The van der Waals surface area contributed by atoms with E-state index in [4.69, 9.17) is 24.1 Å². The Balaban J connectivity index is 0.000000730. The molecule has 9 nitrogen and oxygen atoms in total. The van der Waals surface area contributed by atoms with Crippen LogP contribution in [0.25, 0.3) is 0 Å². The van der Waals surface area contributed by atoms with Gasteiger partial charge in [-0.2, -0.15) is 0 Å². The second kappa shape index (κ2) is 10.0. The molecule has 5 heterocycles. The van der Waals surface area contributed by atoms with Gasteiger partial charge in [-0.3, -0.25) is 19.5 Å². The summed E-state index contributed by atoms with van der Waals surface area (Å²) in [5.74, 6) is 1.20. The van der Waals surface area contributed by atoms with E-state index in [1.165, 1.54) is 0 Å². The van der Waals surface area contributed by atoms with Crippen LogP contribution in [0.4, 0.5) is 0 Å². The monoisotopic (exact) mass is 433 g/mol. The third-order valence-corrected chi connectivity index (χ3v) is 6.85. The minimum atomic E-state index is -0.250. The predicted molar refractivity (Wildman–Crippen MR) is 111 cm³/mol. The lowest BCUT2D eigenvalue weighted by Crippen LogP contribution is -2.42. The molecule has 4 aliphatic rings. The number of pyridine rings is 1. The maximum Gasteiger partial charge on any atom is 0.290 e. The molecular formula is C22H31N3O6. The fraction of sp³-hybridized carbons (Fsp3) is 0.682. The zero-order chi connectivity index (χ0) is 21.7. The number of nitrogens with one attached hydrogen (secondary N) is 1. The van der Waals surface area contributed by atoms with Crippen molar-refractivity contribution in [3.8, 4) is 0 Å². The summed E-state index contributed by atoms with van der Waals surface area (Å²) in [6.45, 7) is 6.40. The molecule has 31 heavy (non-hydrogen) atoms. The second-order valence-corrected chi connectivity index (χ2v) is 8.77. The fourth-order valence-corrected chi connectivity index (χ4v) is 5.63. The zero-order valence-corrected chi connectivity index (χ0v) is 17.7. The molecule has 4 fully saturated rings. The number of carboxylic acid groups (broad SMARTS) is 1. The van der Waals surface area contributed by atoms with Gasteiger partial charge in [-0.25, -0.2) is 0 Å². The lowest BCUT2D eigenvalue weighted by atomic mass is 9.73. The molecular weight excluding hydrogens is 402 g/mol. The van der Waals surface area contributed by atoms with Crippen LogP contribution >= 0.6 is 0 Å². The van der Waals surface area contributed by atoms with Crippen LogP contribution in [0.1, 0.15) is 23.3 Å². The number of hydrogen-bond acceptors (Lipinski definition) is 7. The van der Waals surface area contributed by atoms with Gasteiger partial charge >= 0.3 is 0 Å². The largest absolute Gasteiger partial charge is 0.483 e. The van der Waals surface area contributed by atoms with Crippen molar-refractivity contribution >= 4 is 12.4 Å². The summed E-state index contributed by atoms with van der Waals surface area (Å²) in [6, 6.07) is 5.41. The van der Waals surface area contributed by atoms with E-state index in [1.54, 1.807) is 12.3 Å². The van der Waals surface area contributed by atoms with E-state index in [2.05, 4.69) is 15.2 Å². The van der Waals surface area contributed by atoms with Gasteiger partial charge in [0.1, 0.15) is 5.69 Å². The Morgan fingerprint density at radius 2 is 2.10 bits per heavy atom. The molecule has 0 saturated carbocycles. The van der Waals surface area contributed by atoms with Gasteiger partial charge in [0, 0.05) is 50.1 Å². The highest BCUT2D eigenvalue weighted by Gasteiger charge is 2.62. The normalized spacial score (nSPS) is 32.6. The average Bonchev–Trinajstić information content (AvgIpc) is 3.35. The minimum Gasteiger partial charge on any atom is -0.483 e. The summed E-state index contributed by atoms with van der Waals surface area (Å²) in [7, 11) is 0. The topological polar surface area (TPSA) is 110 Å². The van der Waals surface area contributed by atoms with Crippen LogP contribution in [0, 0.1) is 17.8 Å². The van der Waals surface area contributed by atoms with Crippen molar-refractivity contribution in [3.63, 3.8) is 0 Å². The molecule has 2 N–H and O–H groups in total. The highest BCUT2D eigenvalue weighted by molar-refractivity contribution is 5.92. The van der Waals surface area contributed by atoms with Crippen LogP contribution in [-0.4, -0.2) is 91.7 Å². The van der Waals surface area contributed by atoms with Gasteiger partial charge in [-0.1, -0.05) is 6.07 Å². The van der Waals surface area contributed by atoms with E-state index in [0.717, 1.165) is 45.7 Å².